The molecule has 2 aromatic carbocycles. The Bertz CT molecular complexity index is 1690. The maximum Gasteiger partial charge on any atom is 0.281 e. The molecule has 3 N–H and O–H groups in total. The van der Waals surface area contributed by atoms with Gasteiger partial charge in [0.25, 0.3) is 11.8 Å². The number of carbonyl (C=O) groups is 3. The van der Waals surface area contributed by atoms with Crippen LogP contribution in [0, 0.1) is 11.8 Å². The van der Waals surface area contributed by atoms with Crippen LogP contribution in [0.5, 0.6) is 0 Å². The molecule has 1 unspecified atom stereocenters. The third-order valence-electron chi connectivity index (χ3n) is 11.2. The lowest BCUT2D eigenvalue weighted by Gasteiger charge is -2.48. The van der Waals surface area contributed by atoms with Crippen LogP contribution in [0.15, 0.2) is 54.7 Å². The molecule has 3 aromatic rings. The third-order valence-corrected chi connectivity index (χ3v) is 11.2. The highest BCUT2D eigenvalue weighted by Crippen LogP contribution is 2.49. The monoisotopic (exact) mass is 611 g/mol. The number of aliphatic hydroxyl groups is 1. The summed E-state index contributed by atoms with van der Waals surface area (Å²) < 4.78 is 6.51. The number of aromatic nitrogens is 1. The summed E-state index contributed by atoms with van der Waals surface area (Å²) in [6.45, 7) is 4.68. The first-order chi connectivity index (χ1) is 21.6. The Morgan fingerprint density at radius 3 is 2.73 bits per heavy atom. The standard InChI is InChI=1S/C35H41N5O5/c1-20(2)34(37-31(41)23-16-25-24-11-7-12-26-30(24)22(18-36-26)17-27(25)38(3)19-23)33(43)40-28(15-21-9-5-4-6-10-21)32(42)39-14-8-13-29(39)35(40,44)45-34/h4-7,9-12,18,20,23,25,27-29,36,44H,8,13-17,19H2,1-3H3,(H,37,41)/t23-,25-,27-,28+,29?,34-,35+/m1/s1. The zero-order chi connectivity index (χ0) is 31.2. The van der Waals surface area contributed by atoms with Gasteiger partial charge >= 0.3 is 0 Å². The number of nitrogens with one attached hydrogen (secondary N) is 2. The first-order valence-corrected chi connectivity index (χ1v) is 16.3. The molecule has 5 heterocycles. The lowest BCUT2D eigenvalue weighted by atomic mass is 9.72. The van der Waals surface area contributed by atoms with Crippen molar-refractivity contribution in [2.24, 2.45) is 11.8 Å². The van der Waals surface area contributed by atoms with Gasteiger partial charge in [-0.2, -0.15) is 0 Å². The van der Waals surface area contributed by atoms with Crippen molar-refractivity contribution in [2.75, 3.05) is 20.1 Å². The molecule has 8 rings (SSSR count). The van der Waals surface area contributed by atoms with E-state index in [1.165, 1.54) is 21.4 Å². The summed E-state index contributed by atoms with van der Waals surface area (Å²) in [5.74, 6) is -3.80. The van der Waals surface area contributed by atoms with Crippen molar-refractivity contribution < 1.29 is 24.2 Å². The van der Waals surface area contributed by atoms with E-state index in [-0.39, 0.29) is 30.2 Å². The Balaban J connectivity index is 1.12. The molecule has 4 fully saturated rings. The Morgan fingerprint density at radius 2 is 1.96 bits per heavy atom. The molecule has 7 atom stereocenters. The van der Waals surface area contributed by atoms with Gasteiger partial charge < -0.3 is 25.2 Å². The van der Waals surface area contributed by atoms with Crippen molar-refractivity contribution in [1.82, 2.24) is 25.0 Å². The molecule has 10 heteroatoms. The predicted molar refractivity (Wildman–Crippen MR) is 167 cm³/mol. The van der Waals surface area contributed by atoms with E-state index in [1.807, 2.05) is 44.2 Å². The van der Waals surface area contributed by atoms with E-state index in [0.717, 1.165) is 17.5 Å². The quantitative estimate of drug-likeness (QED) is 0.409. The average molecular weight is 612 g/mol. The third kappa shape index (κ3) is 4.08. The maximum absolute atomic E-state index is 14.6. The van der Waals surface area contributed by atoms with E-state index in [1.54, 1.807) is 4.90 Å². The molecule has 0 spiro atoms. The summed E-state index contributed by atoms with van der Waals surface area (Å²) in [6, 6.07) is 14.5. The Labute approximate surface area is 262 Å². The van der Waals surface area contributed by atoms with E-state index >= 15 is 0 Å². The molecule has 236 valence electrons. The van der Waals surface area contributed by atoms with E-state index in [2.05, 4.69) is 46.6 Å². The van der Waals surface area contributed by atoms with E-state index < -0.39 is 41.5 Å². The average Bonchev–Trinajstić information content (AvgIpc) is 3.74. The molecule has 0 radical (unpaired) electrons. The minimum absolute atomic E-state index is 0.164. The number of hydrogen-bond acceptors (Lipinski definition) is 6. The van der Waals surface area contributed by atoms with Crippen molar-refractivity contribution in [2.45, 2.75) is 81.6 Å². The number of piperidine rings is 1. The fraction of sp³-hybridized carbons (Fsp3) is 0.514. The zero-order valence-corrected chi connectivity index (χ0v) is 26.0. The molecule has 5 aliphatic rings. The van der Waals surface area contributed by atoms with Crippen LogP contribution in [0.25, 0.3) is 10.9 Å². The highest BCUT2D eigenvalue weighted by atomic mass is 16.7. The van der Waals surface area contributed by atoms with E-state index in [0.29, 0.717) is 32.4 Å². The summed E-state index contributed by atoms with van der Waals surface area (Å²) in [4.78, 5) is 51.4. The number of H-pyrrole nitrogens is 1. The van der Waals surface area contributed by atoms with E-state index in [9.17, 15) is 19.5 Å². The second kappa shape index (κ2) is 10.1. The van der Waals surface area contributed by atoms with Crippen LogP contribution in [-0.2, 0) is 32.0 Å². The number of carbonyl (C=O) groups excluding carboxylic acids is 3. The molecule has 3 amide bonds. The Morgan fingerprint density at radius 1 is 1.16 bits per heavy atom. The summed E-state index contributed by atoms with van der Waals surface area (Å²) >= 11 is 0. The molecule has 4 saturated heterocycles. The zero-order valence-electron chi connectivity index (χ0n) is 26.0. The number of fused-ring (bicyclic) bond motifs is 5. The number of benzene rings is 2. The molecular formula is C35H41N5O5. The largest absolute Gasteiger partial charge is 0.361 e. The van der Waals surface area contributed by atoms with Crippen LogP contribution in [-0.4, -0.2) is 92.4 Å². The second-order valence-corrected chi connectivity index (χ2v) is 14.0. The summed E-state index contributed by atoms with van der Waals surface area (Å²) in [7, 11) is 2.07. The summed E-state index contributed by atoms with van der Waals surface area (Å²) in [6.07, 6.45) is 5.12. The highest BCUT2D eigenvalue weighted by molar-refractivity contribution is 5.98. The second-order valence-electron chi connectivity index (χ2n) is 14.0. The Hall–Kier alpha value is -3.73. The predicted octanol–water partition coefficient (Wildman–Crippen LogP) is 2.72. The van der Waals surface area contributed by atoms with Crippen molar-refractivity contribution in [3.05, 3.63) is 71.4 Å². The van der Waals surface area contributed by atoms with Gasteiger partial charge in [-0.3, -0.25) is 24.0 Å². The van der Waals surface area contributed by atoms with Gasteiger partial charge in [0.1, 0.15) is 12.1 Å². The molecule has 45 heavy (non-hydrogen) atoms. The number of rotatable bonds is 5. The van der Waals surface area contributed by atoms with Crippen molar-refractivity contribution in [3.8, 4) is 0 Å². The van der Waals surface area contributed by atoms with Gasteiger partial charge in [0.2, 0.25) is 17.5 Å². The van der Waals surface area contributed by atoms with Gasteiger partial charge in [-0.05, 0) is 55.5 Å². The minimum Gasteiger partial charge on any atom is -0.361 e. The number of ether oxygens (including phenoxy) is 1. The maximum atomic E-state index is 14.6. The van der Waals surface area contributed by atoms with Gasteiger partial charge in [-0.1, -0.05) is 56.3 Å². The van der Waals surface area contributed by atoms with Crippen molar-refractivity contribution in [1.29, 1.82) is 0 Å². The van der Waals surface area contributed by atoms with Gasteiger partial charge in [-0.15, -0.1) is 0 Å². The van der Waals surface area contributed by atoms with Gasteiger partial charge in [-0.25, -0.2) is 0 Å². The van der Waals surface area contributed by atoms with Gasteiger partial charge in [0.05, 0.1) is 5.92 Å². The molecule has 4 aliphatic heterocycles. The number of likely N-dealkylation sites (N-methyl/N-ethyl adjacent to an activating group) is 1. The molecule has 1 aliphatic carbocycles. The van der Waals surface area contributed by atoms with Crippen LogP contribution >= 0.6 is 0 Å². The molecule has 1 aromatic heterocycles. The lowest BCUT2D eigenvalue weighted by Crippen LogP contribution is -2.71. The van der Waals surface area contributed by atoms with Crippen LogP contribution < -0.4 is 5.32 Å². The fourth-order valence-electron chi connectivity index (χ4n) is 8.99. The first kappa shape index (κ1) is 28.7. The fourth-order valence-corrected chi connectivity index (χ4v) is 8.99. The first-order valence-electron chi connectivity index (χ1n) is 16.3. The lowest BCUT2D eigenvalue weighted by molar-refractivity contribution is -0.321. The van der Waals surface area contributed by atoms with Gasteiger partial charge in [0.15, 0.2) is 0 Å². The smallest absolute Gasteiger partial charge is 0.281 e. The highest BCUT2D eigenvalue weighted by Gasteiger charge is 2.72. The topological polar surface area (TPSA) is 118 Å². The molecular weight excluding hydrogens is 570 g/mol. The number of nitrogens with zero attached hydrogens (tertiary/aromatic N) is 3. The van der Waals surface area contributed by atoms with Crippen LogP contribution in [0.3, 0.4) is 0 Å². The van der Waals surface area contributed by atoms with Crippen LogP contribution in [0.1, 0.15) is 55.7 Å². The number of likely N-dealkylation sites (tertiary alicyclic amines) is 1. The molecule has 10 nitrogen and oxygen atoms in total. The number of aromatic amines is 1. The van der Waals surface area contributed by atoms with Gasteiger partial charge in [0, 0.05) is 54.5 Å². The number of hydrogen-bond donors (Lipinski definition) is 3. The van der Waals surface area contributed by atoms with Crippen molar-refractivity contribution in [3.63, 3.8) is 0 Å². The molecule has 0 saturated carbocycles. The normalized spacial score (nSPS) is 34.3. The SMILES string of the molecule is CC(C)[C@@]1(NC(=O)[C@@H]2C[C@@H]3c4cccc5[nH]cc(c45)C[C@H]3N(C)C2)O[C@@]2(O)C3CCCN3C(=O)[C@H](Cc3ccccc3)N2C1=O. The van der Waals surface area contributed by atoms with Crippen LogP contribution in [0.2, 0.25) is 0 Å². The number of amides is 3. The molecule has 0 bridgehead atoms. The Kier molecular flexibility index (Phi) is 6.47. The van der Waals surface area contributed by atoms with Crippen LogP contribution in [0.4, 0.5) is 0 Å². The summed E-state index contributed by atoms with van der Waals surface area (Å²) in [5, 5.41) is 16.6. The number of piperazine rings is 1. The van der Waals surface area contributed by atoms with E-state index in [4.69, 9.17) is 4.74 Å². The summed E-state index contributed by atoms with van der Waals surface area (Å²) in [5.41, 5.74) is 2.75. The van der Waals surface area contributed by atoms with Crippen molar-refractivity contribution >= 4 is 28.6 Å². The minimum atomic E-state index is -2.04.